The standard InChI is InChI=1S/C25H36N2O6/c1-5-6-11-26-12-7-10-25-18(19-23(31)32-13-8-9-24(19,4)33-25)21(29)27(20(25)22(26)30)17(15-28)14-16(2)3/h7-10,16-20,28H,5-6,11-15H2,1-4H3/t17-,18+,19+,20?,24-,25+/m1/s1. The van der Waals surface area contributed by atoms with E-state index in [4.69, 9.17) is 9.47 Å². The molecule has 8 nitrogen and oxygen atoms in total. The van der Waals surface area contributed by atoms with Crippen LogP contribution in [0, 0.1) is 17.8 Å². The fourth-order valence-corrected chi connectivity index (χ4v) is 6.11. The number of unbranched alkanes of at least 4 members (excludes halogenated alkanes) is 1. The van der Waals surface area contributed by atoms with E-state index in [1.165, 1.54) is 4.90 Å². The van der Waals surface area contributed by atoms with Crippen LogP contribution in [0.5, 0.6) is 0 Å². The van der Waals surface area contributed by atoms with E-state index in [0.717, 1.165) is 12.8 Å². The highest BCUT2D eigenvalue weighted by Crippen LogP contribution is 2.57. The molecular weight excluding hydrogens is 424 g/mol. The lowest BCUT2D eigenvalue weighted by Gasteiger charge is -2.40. The third-order valence-electron chi connectivity index (χ3n) is 7.46. The number of ether oxygens (including phenoxy) is 2. The van der Waals surface area contributed by atoms with E-state index in [9.17, 15) is 19.5 Å². The molecule has 2 fully saturated rings. The molecule has 6 atom stereocenters. The second-order valence-corrected chi connectivity index (χ2v) is 10.3. The Balaban J connectivity index is 1.86. The van der Waals surface area contributed by atoms with Gasteiger partial charge in [-0.05, 0) is 31.8 Å². The zero-order valence-electron chi connectivity index (χ0n) is 20.0. The molecule has 1 N–H and O–H groups in total. The summed E-state index contributed by atoms with van der Waals surface area (Å²) in [6.07, 6.45) is 9.57. The van der Waals surface area contributed by atoms with Gasteiger partial charge in [0.05, 0.1) is 24.2 Å². The fourth-order valence-electron chi connectivity index (χ4n) is 6.11. The van der Waals surface area contributed by atoms with Gasteiger partial charge in [-0.3, -0.25) is 14.4 Å². The number of likely N-dealkylation sites (tertiary alicyclic amines) is 1. The van der Waals surface area contributed by atoms with E-state index < -0.39 is 41.1 Å². The Bertz CT molecular complexity index is 869. The van der Waals surface area contributed by atoms with Gasteiger partial charge < -0.3 is 24.4 Å². The molecule has 1 unspecified atom stereocenters. The van der Waals surface area contributed by atoms with Crippen molar-refractivity contribution in [2.75, 3.05) is 26.3 Å². The van der Waals surface area contributed by atoms with Gasteiger partial charge in [0, 0.05) is 13.1 Å². The van der Waals surface area contributed by atoms with Crippen molar-refractivity contribution < 1.29 is 29.0 Å². The van der Waals surface area contributed by atoms with E-state index in [1.807, 2.05) is 26.0 Å². The molecule has 0 saturated carbocycles. The quantitative estimate of drug-likeness (QED) is 0.459. The SMILES string of the molecule is CCCCN1CC=C[C@]23O[C@]4(C)C=CCOC(=O)[C@@H]4[C@H]2C(=O)N([C@@H](CO)CC(C)C)C3C1=O. The van der Waals surface area contributed by atoms with Crippen molar-refractivity contribution in [1.29, 1.82) is 0 Å². The zero-order valence-corrected chi connectivity index (χ0v) is 20.0. The Kier molecular flexibility index (Phi) is 6.44. The number of aliphatic hydroxyl groups is 1. The highest BCUT2D eigenvalue weighted by atomic mass is 16.6. The van der Waals surface area contributed by atoms with Crippen LogP contribution in [0.25, 0.3) is 0 Å². The Morgan fingerprint density at radius 3 is 2.58 bits per heavy atom. The smallest absolute Gasteiger partial charge is 0.313 e. The Morgan fingerprint density at radius 2 is 1.91 bits per heavy atom. The maximum absolute atomic E-state index is 14.1. The summed E-state index contributed by atoms with van der Waals surface area (Å²) in [4.78, 5) is 44.4. The lowest BCUT2D eigenvalue weighted by Crippen LogP contribution is -2.59. The largest absolute Gasteiger partial charge is 0.461 e. The molecule has 1 spiro atoms. The first-order chi connectivity index (χ1) is 15.7. The molecule has 2 amide bonds. The van der Waals surface area contributed by atoms with Gasteiger partial charge in [0.15, 0.2) is 0 Å². The van der Waals surface area contributed by atoms with E-state index in [1.54, 1.807) is 24.0 Å². The third kappa shape index (κ3) is 3.71. The lowest BCUT2D eigenvalue weighted by molar-refractivity contribution is -0.160. The first-order valence-corrected chi connectivity index (χ1v) is 12.1. The van der Waals surface area contributed by atoms with Crippen LogP contribution in [0.4, 0.5) is 0 Å². The van der Waals surface area contributed by atoms with Crippen LogP contribution in [0.15, 0.2) is 24.3 Å². The van der Waals surface area contributed by atoms with Crippen molar-refractivity contribution in [3.8, 4) is 0 Å². The topological polar surface area (TPSA) is 96.4 Å². The van der Waals surface area contributed by atoms with Crippen LogP contribution in [-0.4, -0.2) is 82.3 Å². The molecular formula is C25H36N2O6. The van der Waals surface area contributed by atoms with Gasteiger partial charge in [-0.2, -0.15) is 0 Å². The van der Waals surface area contributed by atoms with Gasteiger partial charge in [0.1, 0.15) is 24.2 Å². The molecule has 33 heavy (non-hydrogen) atoms. The molecule has 182 valence electrons. The predicted octanol–water partition coefficient (Wildman–Crippen LogP) is 1.68. The maximum atomic E-state index is 14.1. The molecule has 4 aliphatic rings. The van der Waals surface area contributed by atoms with E-state index in [-0.39, 0.29) is 30.9 Å². The summed E-state index contributed by atoms with van der Waals surface area (Å²) >= 11 is 0. The van der Waals surface area contributed by atoms with Crippen LogP contribution in [-0.2, 0) is 23.9 Å². The molecule has 0 aromatic heterocycles. The number of rotatable bonds is 7. The van der Waals surface area contributed by atoms with E-state index in [0.29, 0.717) is 19.5 Å². The Labute approximate surface area is 195 Å². The molecule has 0 bridgehead atoms. The van der Waals surface area contributed by atoms with Gasteiger partial charge >= 0.3 is 5.97 Å². The number of aliphatic hydroxyl groups excluding tert-OH is 1. The van der Waals surface area contributed by atoms with E-state index in [2.05, 4.69) is 6.92 Å². The van der Waals surface area contributed by atoms with Gasteiger partial charge in [-0.1, -0.05) is 45.4 Å². The molecule has 4 rings (SSSR count). The monoisotopic (exact) mass is 460 g/mol. The molecule has 0 aliphatic carbocycles. The number of nitrogens with zero attached hydrogens (tertiary/aromatic N) is 2. The number of esters is 1. The lowest BCUT2D eigenvalue weighted by atomic mass is 9.75. The van der Waals surface area contributed by atoms with Crippen LogP contribution in [0.1, 0.15) is 47.0 Å². The number of hydrogen-bond acceptors (Lipinski definition) is 6. The van der Waals surface area contributed by atoms with Crippen molar-refractivity contribution in [3.05, 3.63) is 24.3 Å². The second kappa shape index (κ2) is 8.87. The van der Waals surface area contributed by atoms with Crippen molar-refractivity contribution in [2.24, 2.45) is 17.8 Å². The number of carbonyl (C=O) groups excluding carboxylic acids is 3. The minimum atomic E-state index is -1.29. The molecule has 2 saturated heterocycles. The summed E-state index contributed by atoms with van der Waals surface area (Å²) in [5.41, 5.74) is -2.35. The van der Waals surface area contributed by atoms with Crippen LogP contribution >= 0.6 is 0 Å². The summed E-state index contributed by atoms with van der Waals surface area (Å²) in [7, 11) is 0. The average molecular weight is 461 g/mol. The predicted molar refractivity (Wildman–Crippen MR) is 121 cm³/mol. The Morgan fingerprint density at radius 1 is 1.15 bits per heavy atom. The molecule has 0 radical (unpaired) electrons. The minimum Gasteiger partial charge on any atom is -0.461 e. The number of cyclic esters (lactones) is 1. The third-order valence-corrected chi connectivity index (χ3v) is 7.46. The normalized spacial score (nSPS) is 36.4. The molecule has 4 aliphatic heterocycles. The summed E-state index contributed by atoms with van der Waals surface area (Å²) in [6, 6.07) is -1.48. The summed E-state index contributed by atoms with van der Waals surface area (Å²) in [5.74, 6) is -2.56. The van der Waals surface area contributed by atoms with Crippen molar-refractivity contribution in [3.63, 3.8) is 0 Å². The average Bonchev–Trinajstić information content (AvgIpc) is 3.03. The highest BCUT2D eigenvalue weighted by Gasteiger charge is 2.75. The number of fused-ring (bicyclic) bond motifs is 2. The highest BCUT2D eigenvalue weighted by molar-refractivity contribution is 5.99. The van der Waals surface area contributed by atoms with Crippen LogP contribution in [0.2, 0.25) is 0 Å². The molecule has 4 heterocycles. The van der Waals surface area contributed by atoms with Crippen molar-refractivity contribution in [1.82, 2.24) is 9.80 Å². The van der Waals surface area contributed by atoms with Crippen LogP contribution in [0.3, 0.4) is 0 Å². The minimum absolute atomic E-state index is 0.127. The zero-order chi connectivity index (χ0) is 24.0. The van der Waals surface area contributed by atoms with Crippen molar-refractivity contribution in [2.45, 2.75) is 70.2 Å². The number of carbonyl (C=O) groups is 3. The first-order valence-electron chi connectivity index (χ1n) is 12.1. The Hall–Kier alpha value is -2.19. The van der Waals surface area contributed by atoms with Gasteiger partial charge in [0.2, 0.25) is 11.8 Å². The second-order valence-electron chi connectivity index (χ2n) is 10.3. The number of hydrogen-bond donors (Lipinski definition) is 1. The van der Waals surface area contributed by atoms with Crippen molar-refractivity contribution >= 4 is 17.8 Å². The summed E-state index contributed by atoms with van der Waals surface area (Å²) in [6.45, 7) is 8.76. The summed E-state index contributed by atoms with van der Waals surface area (Å²) in [5, 5.41) is 10.3. The van der Waals surface area contributed by atoms with Gasteiger partial charge in [0.25, 0.3) is 0 Å². The van der Waals surface area contributed by atoms with E-state index >= 15 is 0 Å². The van der Waals surface area contributed by atoms with Gasteiger partial charge in [-0.15, -0.1) is 0 Å². The molecule has 0 aromatic carbocycles. The molecule has 0 aromatic rings. The fraction of sp³-hybridized carbons (Fsp3) is 0.720. The van der Waals surface area contributed by atoms with Gasteiger partial charge in [-0.25, -0.2) is 0 Å². The molecule has 8 heteroatoms. The van der Waals surface area contributed by atoms with Crippen LogP contribution < -0.4 is 0 Å². The first kappa shape index (κ1) is 24.0. The summed E-state index contributed by atoms with van der Waals surface area (Å²) < 4.78 is 12.0. The maximum Gasteiger partial charge on any atom is 0.313 e. The number of amides is 2.